The first-order valence-electron chi connectivity index (χ1n) is 8.32. The molecule has 2 aromatic carbocycles. The molecule has 0 radical (unpaired) electrons. The molecule has 2 aromatic rings. The van der Waals surface area contributed by atoms with Crippen molar-refractivity contribution >= 4 is 23.4 Å². The molecule has 1 atom stereocenters. The lowest BCUT2D eigenvalue weighted by Crippen LogP contribution is -2.41. The molecule has 3 rings (SSSR count). The van der Waals surface area contributed by atoms with Crippen molar-refractivity contribution < 1.29 is 19.1 Å². The predicted octanol–water partition coefficient (Wildman–Crippen LogP) is 2.97. The fraction of sp³-hybridized carbons (Fsp3) is 0.263. The Bertz CT molecular complexity index is 773. The van der Waals surface area contributed by atoms with Crippen LogP contribution in [0, 0.1) is 0 Å². The van der Waals surface area contributed by atoms with Gasteiger partial charge in [0.25, 0.3) is 11.8 Å². The van der Waals surface area contributed by atoms with Gasteiger partial charge < -0.3 is 9.47 Å². The van der Waals surface area contributed by atoms with E-state index in [1.165, 1.54) is 6.07 Å². The van der Waals surface area contributed by atoms with E-state index in [-0.39, 0.29) is 6.10 Å². The molecule has 0 bridgehead atoms. The lowest BCUT2D eigenvalue weighted by atomic mass is 10.2. The summed E-state index contributed by atoms with van der Waals surface area (Å²) in [6, 6.07) is 13.1. The fourth-order valence-electron chi connectivity index (χ4n) is 2.56. The highest BCUT2D eigenvalue weighted by atomic mass is 35.5. The second kappa shape index (κ2) is 8.69. The second-order valence-corrected chi connectivity index (χ2v) is 6.33. The Morgan fingerprint density at radius 2 is 1.81 bits per heavy atom. The molecule has 0 aliphatic carbocycles. The fourth-order valence-corrected chi connectivity index (χ4v) is 2.75. The maximum atomic E-state index is 12.1. The van der Waals surface area contributed by atoms with E-state index in [0.717, 1.165) is 19.4 Å². The van der Waals surface area contributed by atoms with Gasteiger partial charge in [0.2, 0.25) is 0 Å². The van der Waals surface area contributed by atoms with E-state index in [9.17, 15) is 9.59 Å². The lowest BCUT2D eigenvalue weighted by molar-refractivity contribution is 0.0679. The smallest absolute Gasteiger partial charge is 0.269 e. The van der Waals surface area contributed by atoms with Crippen LogP contribution in [0.5, 0.6) is 5.75 Å². The van der Waals surface area contributed by atoms with Crippen LogP contribution < -0.4 is 15.6 Å². The van der Waals surface area contributed by atoms with E-state index in [4.69, 9.17) is 21.1 Å². The summed E-state index contributed by atoms with van der Waals surface area (Å²) < 4.78 is 11.2. The van der Waals surface area contributed by atoms with Gasteiger partial charge in [0.1, 0.15) is 12.4 Å². The van der Waals surface area contributed by atoms with Crippen LogP contribution >= 0.6 is 11.6 Å². The lowest BCUT2D eigenvalue weighted by Gasteiger charge is -2.12. The molecular weight excluding hydrogens is 356 g/mol. The standard InChI is InChI=1S/C19H19ClN2O4/c20-15-4-1-3-14(11-15)19(24)22-21-18(23)13-6-8-16(9-7-13)26-12-17-5-2-10-25-17/h1,3-4,6-9,11,17H,2,5,10,12H2,(H,21,23)(H,22,24)/t17-/m1/s1. The Labute approximate surface area is 156 Å². The Balaban J connectivity index is 1.49. The van der Waals surface area contributed by atoms with Gasteiger partial charge in [0.15, 0.2) is 0 Å². The number of rotatable bonds is 5. The SMILES string of the molecule is O=C(NNC(=O)c1cccc(Cl)c1)c1ccc(OC[C@H]2CCCO2)cc1. The molecular formula is C19H19ClN2O4. The third-order valence-electron chi connectivity index (χ3n) is 3.95. The minimum absolute atomic E-state index is 0.139. The first kappa shape index (κ1) is 18.2. The average molecular weight is 375 g/mol. The summed E-state index contributed by atoms with van der Waals surface area (Å²) in [5.41, 5.74) is 5.49. The highest BCUT2D eigenvalue weighted by Crippen LogP contribution is 2.16. The summed E-state index contributed by atoms with van der Waals surface area (Å²) in [6.45, 7) is 1.29. The highest BCUT2D eigenvalue weighted by Gasteiger charge is 2.16. The molecule has 2 N–H and O–H groups in total. The summed E-state index contributed by atoms with van der Waals surface area (Å²) in [5.74, 6) is -0.205. The quantitative estimate of drug-likeness (QED) is 0.789. The summed E-state index contributed by atoms with van der Waals surface area (Å²) >= 11 is 5.84. The number of carbonyl (C=O) groups excluding carboxylic acids is 2. The molecule has 1 heterocycles. The van der Waals surface area contributed by atoms with Crippen LogP contribution in [-0.4, -0.2) is 31.1 Å². The number of amides is 2. The minimum Gasteiger partial charge on any atom is -0.491 e. The van der Waals surface area contributed by atoms with Gasteiger partial charge in [0.05, 0.1) is 6.10 Å². The molecule has 7 heteroatoms. The van der Waals surface area contributed by atoms with Crippen LogP contribution in [0.3, 0.4) is 0 Å². The number of halogens is 1. The normalized spacial score (nSPS) is 16.1. The molecule has 6 nitrogen and oxygen atoms in total. The number of nitrogens with one attached hydrogen (secondary N) is 2. The zero-order chi connectivity index (χ0) is 18.4. The third-order valence-corrected chi connectivity index (χ3v) is 4.19. The van der Waals surface area contributed by atoms with E-state index >= 15 is 0 Å². The molecule has 1 aliphatic heterocycles. The van der Waals surface area contributed by atoms with Crippen molar-refractivity contribution in [1.82, 2.24) is 10.9 Å². The topological polar surface area (TPSA) is 76.7 Å². The second-order valence-electron chi connectivity index (χ2n) is 5.89. The van der Waals surface area contributed by atoms with Crippen molar-refractivity contribution in [2.24, 2.45) is 0 Å². The minimum atomic E-state index is -0.447. The summed E-state index contributed by atoms with van der Waals surface area (Å²) in [5, 5.41) is 0.447. The summed E-state index contributed by atoms with van der Waals surface area (Å²) in [7, 11) is 0. The van der Waals surface area contributed by atoms with E-state index in [2.05, 4.69) is 10.9 Å². The van der Waals surface area contributed by atoms with Crippen LogP contribution in [0.4, 0.5) is 0 Å². The van der Waals surface area contributed by atoms with Gasteiger partial charge in [-0.15, -0.1) is 0 Å². The molecule has 1 saturated heterocycles. The average Bonchev–Trinajstić information content (AvgIpc) is 3.18. The van der Waals surface area contributed by atoms with Gasteiger partial charge >= 0.3 is 0 Å². The third kappa shape index (κ3) is 4.97. The molecule has 26 heavy (non-hydrogen) atoms. The number of ether oxygens (including phenoxy) is 2. The number of hydrazine groups is 1. The van der Waals surface area contributed by atoms with Gasteiger partial charge in [-0.05, 0) is 55.3 Å². The van der Waals surface area contributed by atoms with Crippen molar-refractivity contribution in [3.8, 4) is 5.75 Å². The molecule has 0 spiro atoms. The van der Waals surface area contributed by atoms with Crippen LogP contribution in [0.15, 0.2) is 48.5 Å². The zero-order valence-electron chi connectivity index (χ0n) is 14.0. The molecule has 136 valence electrons. The zero-order valence-corrected chi connectivity index (χ0v) is 14.8. The number of benzene rings is 2. The summed E-state index contributed by atoms with van der Waals surface area (Å²) in [6.07, 6.45) is 2.21. The van der Waals surface area contributed by atoms with Gasteiger partial charge in [-0.3, -0.25) is 20.4 Å². The molecule has 0 saturated carbocycles. The highest BCUT2D eigenvalue weighted by molar-refractivity contribution is 6.30. The van der Waals surface area contributed by atoms with Crippen molar-refractivity contribution in [2.75, 3.05) is 13.2 Å². The van der Waals surface area contributed by atoms with E-state index in [1.54, 1.807) is 42.5 Å². The first-order chi connectivity index (χ1) is 12.6. The molecule has 0 unspecified atom stereocenters. The Kier molecular flexibility index (Phi) is 6.09. The Morgan fingerprint density at radius 1 is 1.08 bits per heavy atom. The van der Waals surface area contributed by atoms with Gasteiger partial charge in [-0.25, -0.2) is 0 Å². The molecule has 1 fully saturated rings. The predicted molar refractivity (Wildman–Crippen MR) is 97.3 cm³/mol. The van der Waals surface area contributed by atoms with Crippen molar-refractivity contribution in [3.63, 3.8) is 0 Å². The van der Waals surface area contributed by atoms with Crippen molar-refractivity contribution in [1.29, 1.82) is 0 Å². The monoisotopic (exact) mass is 374 g/mol. The number of hydrogen-bond acceptors (Lipinski definition) is 4. The maximum Gasteiger partial charge on any atom is 0.269 e. The van der Waals surface area contributed by atoms with E-state index < -0.39 is 11.8 Å². The van der Waals surface area contributed by atoms with E-state index in [1.807, 2.05) is 0 Å². The summed E-state index contributed by atoms with van der Waals surface area (Å²) in [4.78, 5) is 24.1. The first-order valence-corrected chi connectivity index (χ1v) is 8.70. The Morgan fingerprint density at radius 3 is 2.46 bits per heavy atom. The maximum absolute atomic E-state index is 12.1. The van der Waals surface area contributed by atoms with Crippen LogP contribution in [0.2, 0.25) is 5.02 Å². The molecule has 0 aromatic heterocycles. The number of carbonyl (C=O) groups is 2. The van der Waals surface area contributed by atoms with Gasteiger partial charge in [0, 0.05) is 22.8 Å². The molecule has 1 aliphatic rings. The van der Waals surface area contributed by atoms with Gasteiger partial charge in [-0.1, -0.05) is 17.7 Å². The molecule has 2 amide bonds. The van der Waals surface area contributed by atoms with Crippen molar-refractivity contribution in [2.45, 2.75) is 18.9 Å². The van der Waals surface area contributed by atoms with Crippen LogP contribution in [0.25, 0.3) is 0 Å². The van der Waals surface area contributed by atoms with E-state index in [0.29, 0.717) is 28.5 Å². The van der Waals surface area contributed by atoms with Crippen LogP contribution in [-0.2, 0) is 4.74 Å². The van der Waals surface area contributed by atoms with Crippen LogP contribution in [0.1, 0.15) is 33.6 Å². The Hall–Kier alpha value is -2.57. The van der Waals surface area contributed by atoms with Crippen molar-refractivity contribution in [3.05, 3.63) is 64.7 Å². The largest absolute Gasteiger partial charge is 0.491 e. The number of hydrogen-bond donors (Lipinski definition) is 2. The van der Waals surface area contributed by atoms with Gasteiger partial charge in [-0.2, -0.15) is 0 Å².